The molecule has 4 amide bonds. The van der Waals surface area contributed by atoms with Crippen LogP contribution < -0.4 is 25.0 Å². The zero-order chi connectivity index (χ0) is 39.1. The van der Waals surface area contributed by atoms with Crippen LogP contribution in [0.2, 0.25) is 0 Å². The first kappa shape index (κ1) is 38.3. The number of ether oxygens (including phenoxy) is 2. The van der Waals surface area contributed by atoms with Gasteiger partial charge in [-0.25, -0.2) is 4.79 Å². The molecule has 14 heteroatoms. The quantitative estimate of drug-likeness (QED) is 0.124. The minimum absolute atomic E-state index is 0.0451. The Balaban J connectivity index is 0.963. The highest BCUT2D eigenvalue weighted by molar-refractivity contribution is 6.14. The number of fused-ring (bicyclic) bond motifs is 4. The fourth-order valence-electron chi connectivity index (χ4n) is 6.51. The number of amides is 4. The van der Waals surface area contributed by atoms with Crippen molar-refractivity contribution >= 4 is 52.9 Å². The molecule has 0 saturated carbocycles. The van der Waals surface area contributed by atoms with Crippen molar-refractivity contribution in [3.05, 3.63) is 89.7 Å². The smallest absolute Gasteiger partial charge is 0.334 e. The Morgan fingerprint density at radius 2 is 1.75 bits per heavy atom. The Morgan fingerprint density at radius 1 is 0.964 bits per heavy atom. The van der Waals surface area contributed by atoms with Crippen molar-refractivity contribution in [1.82, 2.24) is 14.9 Å². The van der Waals surface area contributed by atoms with E-state index in [1.807, 2.05) is 49.5 Å². The number of carbonyl (C=O) groups excluding carboxylic acids is 5. The van der Waals surface area contributed by atoms with Crippen LogP contribution in [0.5, 0.6) is 11.5 Å². The lowest BCUT2D eigenvalue weighted by atomic mass is 10.1. The zero-order valence-electron chi connectivity index (χ0n) is 31.3. The maximum absolute atomic E-state index is 13.6. The maximum atomic E-state index is 13.6. The summed E-state index contributed by atoms with van der Waals surface area (Å²) in [5.41, 5.74) is 5.59. The lowest BCUT2D eigenvalue weighted by Crippen LogP contribution is -2.37. The number of methoxy groups -OCH3 is 1. The van der Waals surface area contributed by atoms with Gasteiger partial charge in [-0.1, -0.05) is 37.3 Å². The van der Waals surface area contributed by atoms with Crippen LogP contribution in [0, 0.1) is 0 Å². The number of nitrogens with zero attached hydrogens (tertiary/aromatic N) is 4. The molecule has 4 aromatic rings. The zero-order valence-corrected chi connectivity index (χ0v) is 31.3. The highest BCUT2D eigenvalue weighted by Crippen LogP contribution is 2.41. The van der Waals surface area contributed by atoms with Crippen molar-refractivity contribution < 1.29 is 38.3 Å². The van der Waals surface area contributed by atoms with E-state index in [0.29, 0.717) is 53.4 Å². The lowest BCUT2D eigenvalue weighted by molar-refractivity contribution is -0.192. The predicted molar refractivity (Wildman–Crippen MR) is 207 cm³/mol. The van der Waals surface area contributed by atoms with E-state index in [4.69, 9.17) is 14.3 Å². The van der Waals surface area contributed by atoms with Crippen LogP contribution in [-0.4, -0.2) is 78.8 Å². The molecule has 0 spiro atoms. The van der Waals surface area contributed by atoms with Crippen molar-refractivity contribution in [2.24, 2.45) is 12.0 Å². The van der Waals surface area contributed by atoms with Gasteiger partial charge < -0.3 is 29.5 Å². The molecule has 14 nitrogen and oxygen atoms in total. The van der Waals surface area contributed by atoms with E-state index in [2.05, 4.69) is 15.6 Å². The van der Waals surface area contributed by atoms with Crippen LogP contribution in [0.25, 0.3) is 11.1 Å². The number of nitrogens with one attached hydrogen (secondary N) is 2. The standard InChI is InChI=1S/C41H44N6O8/c1-5-9-38(49)46(3)55-39(50)17-18-42-40(51)34-21-28(25-45(34)2)26-13-15-29(16-14-26)44-37(48)12-8-19-54-36-23-32-31(22-35(36)53-4)41(52)47-30(24-43-32)20-27-10-6-7-11-33(27)47/h6-7,10-11,13-16,21-25,30H,5,8-9,12,17-20H2,1-4H3,(H,42,51)(H,44,48). The number of para-hydroxylation sites is 1. The predicted octanol–water partition coefficient (Wildman–Crippen LogP) is 5.62. The van der Waals surface area contributed by atoms with Gasteiger partial charge in [0.15, 0.2) is 11.5 Å². The number of aromatic nitrogens is 1. The third-order valence-corrected chi connectivity index (χ3v) is 9.34. The summed E-state index contributed by atoms with van der Waals surface area (Å²) in [5.74, 6) is -0.749. The van der Waals surface area contributed by atoms with Gasteiger partial charge in [-0.3, -0.25) is 29.1 Å². The number of rotatable bonds is 14. The number of aliphatic imine (C=N–C) groups is 1. The number of hydroxylamine groups is 2. The largest absolute Gasteiger partial charge is 0.493 e. The summed E-state index contributed by atoms with van der Waals surface area (Å²) < 4.78 is 13.3. The van der Waals surface area contributed by atoms with Crippen LogP contribution in [0.15, 0.2) is 77.9 Å². The monoisotopic (exact) mass is 748 g/mol. The van der Waals surface area contributed by atoms with Crippen LogP contribution >= 0.6 is 0 Å². The molecule has 3 aromatic carbocycles. The molecule has 3 heterocycles. The minimum Gasteiger partial charge on any atom is -0.493 e. The molecule has 0 saturated heterocycles. The summed E-state index contributed by atoms with van der Waals surface area (Å²) >= 11 is 0. The van der Waals surface area contributed by atoms with Crippen LogP contribution in [-0.2, 0) is 32.7 Å². The van der Waals surface area contributed by atoms with Crippen LogP contribution in [0.3, 0.4) is 0 Å². The number of benzene rings is 3. The molecule has 2 aliphatic heterocycles. The Bertz CT molecular complexity index is 2130. The van der Waals surface area contributed by atoms with Crippen LogP contribution in [0.1, 0.15) is 65.4 Å². The summed E-state index contributed by atoms with van der Waals surface area (Å²) in [4.78, 5) is 74.5. The van der Waals surface area contributed by atoms with Crippen molar-refractivity contribution in [3.63, 3.8) is 0 Å². The van der Waals surface area contributed by atoms with E-state index in [1.165, 1.54) is 14.2 Å². The van der Waals surface area contributed by atoms with E-state index >= 15 is 0 Å². The molecular formula is C41H44N6O8. The van der Waals surface area contributed by atoms with Gasteiger partial charge in [-0.15, -0.1) is 0 Å². The first-order valence-electron chi connectivity index (χ1n) is 18.2. The van der Waals surface area contributed by atoms with Gasteiger partial charge in [0.2, 0.25) is 5.91 Å². The topological polar surface area (TPSA) is 161 Å². The van der Waals surface area contributed by atoms with E-state index in [1.54, 1.807) is 53.1 Å². The number of hydrogen-bond acceptors (Lipinski definition) is 9. The summed E-state index contributed by atoms with van der Waals surface area (Å²) in [6.07, 6.45) is 5.79. The second-order valence-electron chi connectivity index (χ2n) is 13.3. The number of aryl methyl sites for hydroxylation is 1. The van der Waals surface area contributed by atoms with Crippen molar-refractivity contribution in [2.75, 3.05) is 37.5 Å². The Hall–Kier alpha value is -6.44. The van der Waals surface area contributed by atoms with Gasteiger partial charge in [0, 0.05) is 75.3 Å². The Labute approximate surface area is 319 Å². The fraction of sp³-hybridized carbons (Fsp3) is 0.317. The first-order valence-corrected chi connectivity index (χ1v) is 18.2. The van der Waals surface area contributed by atoms with Gasteiger partial charge in [0.25, 0.3) is 17.7 Å². The number of hydrogen-bond donors (Lipinski definition) is 2. The molecule has 2 N–H and O–H groups in total. The Kier molecular flexibility index (Phi) is 11.9. The molecule has 1 atom stereocenters. The first-order chi connectivity index (χ1) is 26.6. The molecule has 0 fully saturated rings. The number of anilines is 2. The third-order valence-electron chi connectivity index (χ3n) is 9.34. The minimum atomic E-state index is -0.621. The maximum Gasteiger partial charge on any atom is 0.334 e. The van der Waals surface area contributed by atoms with E-state index in [0.717, 1.165) is 27.4 Å². The summed E-state index contributed by atoms with van der Waals surface area (Å²) in [6.45, 7) is 2.14. The third kappa shape index (κ3) is 8.86. The van der Waals surface area contributed by atoms with Gasteiger partial charge in [0.1, 0.15) is 5.69 Å². The van der Waals surface area contributed by atoms with Gasteiger partial charge in [0.05, 0.1) is 37.4 Å². The Morgan fingerprint density at radius 3 is 2.51 bits per heavy atom. The van der Waals surface area contributed by atoms with E-state index in [9.17, 15) is 24.0 Å². The molecule has 55 heavy (non-hydrogen) atoms. The average Bonchev–Trinajstić information content (AvgIpc) is 3.72. The van der Waals surface area contributed by atoms with Crippen LogP contribution in [0.4, 0.5) is 17.1 Å². The molecule has 6 rings (SSSR count). The summed E-state index contributed by atoms with van der Waals surface area (Å²) in [7, 11) is 4.65. The van der Waals surface area contributed by atoms with Gasteiger partial charge >= 0.3 is 5.97 Å². The SMILES string of the molecule is CCCC(=O)N(C)OC(=O)CCNC(=O)c1cc(-c2ccc(NC(=O)CCCOc3cc4c(cc3OC)C(=O)N3c5ccccc5CC3C=N4)cc2)cn1C. The second-order valence-corrected chi connectivity index (χ2v) is 13.3. The lowest BCUT2D eigenvalue weighted by Gasteiger charge is -2.22. The molecular weight excluding hydrogens is 704 g/mol. The molecule has 286 valence electrons. The summed E-state index contributed by atoms with van der Waals surface area (Å²) in [5, 5.41) is 6.53. The van der Waals surface area contributed by atoms with E-state index in [-0.39, 0.29) is 62.1 Å². The molecule has 0 bridgehead atoms. The fourth-order valence-corrected chi connectivity index (χ4v) is 6.51. The average molecular weight is 749 g/mol. The molecule has 0 aliphatic carbocycles. The van der Waals surface area contributed by atoms with Crippen molar-refractivity contribution in [2.45, 2.75) is 51.5 Å². The van der Waals surface area contributed by atoms with Crippen molar-refractivity contribution in [3.8, 4) is 22.6 Å². The molecule has 2 aliphatic rings. The highest BCUT2D eigenvalue weighted by atomic mass is 16.7. The highest BCUT2D eigenvalue weighted by Gasteiger charge is 2.36. The summed E-state index contributed by atoms with van der Waals surface area (Å²) in [6, 6.07) is 20.1. The normalized spacial score (nSPS) is 13.9. The van der Waals surface area contributed by atoms with E-state index < -0.39 is 5.97 Å². The molecule has 0 radical (unpaired) electrons. The van der Waals surface area contributed by atoms with Crippen molar-refractivity contribution in [1.29, 1.82) is 0 Å². The second kappa shape index (κ2) is 17.1. The van der Waals surface area contributed by atoms with Gasteiger partial charge in [-0.2, -0.15) is 5.06 Å². The van der Waals surface area contributed by atoms with Gasteiger partial charge in [-0.05, 0) is 54.3 Å². The molecule has 1 unspecified atom stereocenters. The molecule has 1 aromatic heterocycles. The number of carbonyl (C=O) groups is 5.